The van der Waals surface area contributed by atoms with Gasteiger partial charge in [0.1, 0.15) is 5.75 Å². The second kappa shape index (κ2) is 6.77. The average molecular weight is 310 g/mol. The zero-order chi connectivity index (χ0) is 14.5. The summed E-state index contributed by atoms with van der Waals surface area (Å²) in [6, 6.07) is 7.60. The topological polar surface area (TPSA) is 38.3 Å². The first-order valence-electron chi connectivity index (χ1n) is 6.25. The number of nitrogens with one attached hydrogen (secondary N) is 1. The lowest BCUT2D eigenvalue weighted by molar-refractivity contribution is -0.123. The highest BCUT2D eigenvalue weighted by Gasteiger charge is 2.08. The SMILES string of the molecule is Cc1cc(Cl)cc(C)c1OCC(=O)NCc1cccs1. The van der Waals surface area contributed by atoms with Crippen molar-refractivity contribution in [2.24, 2.45) is 0 Å². The van der Waals surface area contributed by atoms with Gasteiger partial charge in [-0.25, -0.2) is 0 Å². The highest BCUT2D eigenvalue weighted by molar-refractivity contribution is 7.09. The van der Waals surface area contributed by atoms with E-state index in [1.54, 1.807) is 11.3 Å². The average Bonchev–Trinajstić information content (AvgIpc) is 2.88. The molecule has 0 saturated carbocycles. The maximum absolute atomic E-state index is 11.7. The fourth-order valence-corrected chi connectivity index (χ4v) is 2.88. The van der Waals surface area contributed by atoms with Crippen LogP contribution in [0.1, 0.15) is 16.0 Å². The number of halogens is 1. The summed E-state index contributed by atoms with van der Waals surface area (Å²) in [7, 11) is 0. The zero-order valence-electron chi connectivity index (χ0n) is 11.4. The van der Waals surface area contributed by atoms with E-state index in [9.17, 15) is 4.79 Å². The van der Waals surface area contributed by atoms with Gasteiger partial charge in [0.2, 0.25) is 0 Å². The third kappa shape index (κ3) is 3.99. The van der Waals surface area contributed by atoms with Crippen LogP contribution in [0.3, 0.4) is 0 Å². The van der Waals surface area contributed by atoms with Crippen molar-refractivity contribution in [1.82, 2.24) is 5.32 Å². The van der Waals surface area contributed by atoms with Gasteiger partial charge in [-0.3, -0.25) is 4.79 Å². The van der Waals surface area contributed by atoms with Crippen LogP contribution in [0.2, 0.25) is 5.02 Å². The van der Waals surface area contributed by atoms with Crippen LogP contribution >= 0.6 is 22.9 Å². The van der Waals surface area contributed by atoms with E-state index in [0.29, 0.717) is 11.6 Å². The Kier molecular flexibility index (Phi) is 5.04. The van der Waals surface area contributed by atoms with Crippen LogP contribution in [0.5, 0.6) is 5.75 Å². The van der Waals surface area contributed by atoms with E-state index >= 15 is 0 Å². The van der Waals surface area contributed by atoms with Crippen molar-refractivity contribution in [3.63, 3.8) is 0 Å². The molecule has 20 heavy (non-hydrogen) atoms. The molecule has 0 atom stereocenters. The molecule has 106 valence electrons. The third-order valence-corrected chi connectivity index (χ3v) is 3.91. The van der Waals surface area contributed by atoms with Crippen molar-refractivity contribution < 1.29 is 9.53 Å². The number of amides is 1. The molecular weight excluding hydrogens is 294 g/mol. The molecule has 2 aromatic rings. The number of carbonyl (C=O) groups excluding carboxylic acids is 1. The summed E-state index contributed by atoms with van der Waals surface area (Å²) in [6.45, 7) is 4.38. The summed E-state index contributed by atoms with van der Waals surface area (Å²) in [4.78, 5) is 12.9. The molecule has 0 aliphatic heterocycles. The van der Waals surface area contributed by atoms with Gasteiger partial charge in [0.05, 0.1) is 6.54 Å². The number of benzene rings is 1. The molecule has 0 radical (unpaired) electrons. The van der Waals surface area contributed by atoms with Crippen LogP contribution in [-0.2, 0) is 11.3 Å². The highest BCUT2D eigenvalue weighted by atomic mass is 35.5. The summed E-state index contributed by atoms with van der Waals surface area (Å²) in [5.74, 6) is 0.591. The van der Waals surface area contributed by atoms with Crippen molar-refractivity contribution in [2.75, 3.05) is 6.61 Å². The van der Waals surface area contributed by atoms with Crippen LogP contribution < -0.4 is 10.1 Å². The minimum atomic E-state index is -0.132. The van der Waals surface area contributed by atoms with Gasteiger partial charge >= 0.3 is 0 Å². The lowest BCUT2D eigenvalue weighted by Gasteiger charge is -2.12. The van der Waals surface area contributed by atoms with E-state index in [4.69, 9.17) is 16.3 Å². The van der Waals surface area contributed by atoms with Crippen molar-refractivity contribution in [2.45, 2.75) is 20.4 Å². The first-order valence-corrected chi connectivity index (χ1v) is 7.50. The van der Waals surface area contributed by atoms with E-state index in [1.807, 2.05) is 43.5 Å². The van der Waals surface area contributed by atoms with Gasteiger partial charge in [0.25, 0.3) is 5.91 Å². The van der Waals surface area contributed by atoms with Gasteiger partial charge in [0, 0.05) is 9.90 Å². The maximum atomic E-state index is 11.7. The van der Waals surface area contributed by atoms with Crippen LogP contribution in [0, 0.1) is 13.8 Å². The molecule has 1 aromatic heterocycles. The van der Waals surface area contributed by atoms with Gasteiger partial charge < -0.3 is 10.1 Å². The Balaban J connectivity index is 1.87. The summed E-state index contributed by atoms with van der Waals surface area (Å²) in [5, 5.41) is 5.49. The molecule has 1 N–H and O–H groups in total. The number of rotatable bonds is 5. The number of ether oxygens (including phenoxy) is 1. The first kappa shape index (κ1) is 14.9. The molecule has 2 rings (SSSR count). The van der Waals surface area contributed by atoms with Crippen LogP contribution in [-0.4, -0.2) is 12.5 Å². The highest BCUT2D eigenvalue weighted by Crippen LogP contribution is 2.26. The molecule has 3 nitrogen and oxygen atoms in total. The molecule has 0 aliphatic rings. The minimum absolute atomic E-state index is 0.00862. The van der Waals surface area contributed by atoms with E-state index in [2.05, 4.69) is 5.32 Å². The monoisotopic (exact) mass is 309 g/mol. The summed E-state index contributed by atoms with van der Waals surface area (Å²) in [6.07, 6.45) is 0. The Labute approximate surface area is 127 Å². The molecule has 0 aliphatic carbocycles. The molecule has 0 bridgehead atoms. The van der Waals surface area contributed by atoms with E-state index in [1.165, 1.54) is 0 Å². The molecule has 5 heteroatoms. The summed E-state index contributed by atoms with van der Waals surface area (Å²) >= 11 is 7.57. The Morgan fingerprint density at radius 2 is 2.05 bits per heavy atom. The predicted molar refractivity (Wildman–Crippen MR) is 82.6 cm³/mol. The summed E-state index contributed by atoms with van der Waals surface area (Å²) in [5.41, 5.74) is 1.86. The second-order valence-corrected chi connectivity index (χ2v) is 5.98. The largest absolute Gasteiger partial charge is 0.483 e. The molecule has 1 aromatic carbocycles. The Morgan fingerprint density at radius 3 is 2.65 bits per heavy atom. The fraction of sp³-hybridized carbons (Fsp3) is 0.267. The third-order valence-electron chi connectivity index (χ3n) is 2.81. The number of carbonyl (C=O) groups is 1. The summed E-state index contributed by atoms with van der Waals surface area (Å²) < 4.78 is 5.59. The van der Waals surface area contributed by atoms with Gasteiger partial charge in [-0.15, -0.1) is 11.3 Å². The van der Waals surface area contributed by atoms with Gasteiger partial charge in [0.15, 0.2) is 6.61 Å². The second-order valence-electron chi connectivity index (χ2n) is 4.51. The smallest absolute Gasteiger partial charge is 0.258 e. The van der Waals surface area contributed by atoms with E-state index < -0.39 is 0 Å². The number of thiophene rings is 1. The Hall–Kier alpha value is -1.52. The molecular formula is C15H16ClNO2S. The van der Waals surface area contributed by atoms with Gasteiger partial charge in [-0.05, 0) is 48.6 Å². The number of hydrogen-bond acceptors (Lipinski definition) is 3. The maximum Gasteiger partial charge on any atom is 0.258 e. The fourth-order valence-electron chi connectivity index (χ4n) is 1.91. The molecule has 0 unspecified atom stereocenters. The standard InChI is InChI=1S/C15H16ClNO2S/c1-10-6-12(16)7-11(2)15(10)19-9-14(18)17-8-13-4-3-5-20-13/h3-7H,8-9H2,1-2H3,(H,17,18). The van der Waals surface area contributed by atoms with Gasteiger partial charge in [-0.1, -0.05) is 17.7 Å². The normalized spacial score (nSPS) is 10.3. The lowest BCUT2D eigenvalue weighted by atomic mass is 10.1. The quantitative estimate of drug-likeness (QED) is 0.914. The van der Waals surface area contributed by atoms with Crippen LogP contribution in [0.25, 0.3) is 0 Å². The van der Waals surface area contributed by atoms with Crippen molar-refractivity contribution in [3.8, 4) is 5.75 Å². The van der Waals surface area contributed by atoms with Crippen molar-refractivity contribution in [1.29, 1.82) is 0 Å². The first-order chi connectivity index (χ1) is 9.56. The number of hydrogen-bond donors (Lipinski definition) is 1. The molecule has 1 heterocycles. The lowest BCUT2D eigenvalue weighted by Crippen LogP contribution is -2.28. The Morgan fingerprint density at radius 1 is 1.35 bits per heavy atom. The molecule has 0 saturated heterocycles. The van der Waals surface area contributed by atoms with Crippen LogP contribution in [0.4, 0.5) is 0 Å². The van der Waals surface area contributed by atoms with Crippen molar-refractivity contribution in [3.05, 3.63) is 50.7 Å². The Bertz CT molecular complexity index is 573. The molecule has 0 spiro atoms. The molecule has 1 amide bonds. The minimum Gasteiger partial charge on any atom is -0.483 e. The van der Waals surface area contributed by atoms with E-state index in [-0.39, 0.29) is 12.5 Å². The van der Waals surface area contributed by atoms with Crippen molar-refractivity contribution >= 4 is 28.8 Å². The number of aryl methyl sites for hydroxylation is 2. The van der Waals surface area contributed by atoms with Crippen LogP contribution in [0.15, 0.2) is 29.6 Å². The zero-order valence-corrected chi connectivity index (χ0v) is 13.0. The molecule has 0 fully saturated rings. The van der Waals surface area contributed by atoms with E-state index in [0.717, 1.165) is 21.8 Å². The predicted octanol–water partition coefficient (Wildman–Crippen LogP) is 3.71. The van der Waals surface area contributed by atoms with Gasteiger partial charge in [-0.2, -0.15) is 0 Å².